The van der Waals surface area contributed by atoms with E-state index in [2.05, 4.69) is 133 Å². The molecule has 18 radical (unpaired) electrons. The lowest BCUT2D eigenvalue weighted by Crippen LogP contribution is -2.57. The third-order valence-electron chi connectivity index (χ3n) is 14.3. The van der Waals surface area contributed by atoms with Gasteiger partial charge in [0.1, 0.15) is 81.8 Å². The summed E-state index contributed by atoms with van der Waals surface area (Å²) in [6.07, 6.45) is 0. The Bertz CT molecular complexity index is 3870. The quantitative estimate of drug-likeness (QED) is 0.209. The van der Waals surface area contributed by atoms with Crippen molar-refractivity contribution in [3.05, 3.63) is 204 Å². The second-order valence-electron chi connectivity index (χ2n) is 17.9. The van der Waals surface area contributed by atoms with Crippen LogP contribution in [0.2, 0.25) is 0 Å². The minimum absolute atomic E-state index is 0.0354. The first-order valence-electron chi connectivity index (χ1n) is 22.9. The number of anilines is 3. The van der Waals surface area contributed by atoms with E-state index in [1.54, 1.807) is 0 Å². The Morgan fingerprint density at radius 1 is 0.371 bits per heavy atom. The van der Waals surface area contributed by atoms with Gasteiger partial charge in [0.15, 0.2) is 0 Å². The molecular weight excluding hydrogens is 836 g/mol. The summed E-state index contributed by atoms with van der Waals surface area (Å²) in [5.74, 6) is 0. The molecule has 0 N–H and O–H groups in total. The first kappa shape index (κ1) is 43.9. The Kier molecular flexibility index (Phi) is 10.4. The van der Waals surface area contributed by atoms with Gasteiger partial charge in [-0.2, -0.15) is 0 Å². The van der Waals surface area contributed by atoms with Crippen LogP contribution in [0.15, 0.2) is 186 Å². The third-order valence-corrected chi connectivity index (χ3v) is 14.3. The Morgan fingerprint density at radius 3 is 1.60 bits per heavy atom. The van der Waals surface area contributed by atoms with Gasteiger partial charge in [0.05, 0.1) is 5.41 Å². The fourth-order valence-corrected chi connectivity index (χ4v) is 11.0. The lowest BCUT2D eigenvalue weighted by Gasteiger charge is -2.36. The molecule has 1 aromatic heterocycles. The summed E-state index contributed by atoms with van der Waals surface area (Å²) in [6.45, 7) is 0. The van der Waals surface area contributed by atoms with Gasteiger partial charge in [0.2, 0.25) is 0 Å². The van der Waals surface area contributed by atoms with Crippen molar-refractivity contribution in [2.45, 2.75) is 5.41 Å². The molecule has 1 heterocycles. The van der Waals surface area contributed by atoms with Gasteiger partial charge in [0.25, 0.3) is 0 Å². The van der Waals surface area contributed by atoms with Gasteiger partial charge in [-0.25, -0.2) is 0 Å². The van der Waals surface area contributed by atoms with E-state index in [0.717, 1.165) is 88.6 Å². The van der Waals surface area contributed by atoms with Crippen molar-refractivity contribution in [1.29, 1.82) is 0 Å². The molecule has 11 aromatic rings. The molecule has 2 nitrogen and oxygen atoms in total. The van der Waals surface area contributed by atoms with Gasteiger partial charge in [-0.1, -0.05) is 178 Å². The number of rotatable bonds is 7. The predicted octanol–water partition coefficient (Wildman–Crippen LogP) is 5.05. The fourth-order valence-electron chi connectivity index (χ4n) is 11.0. The molecule has 0 unspecified atom stereocenters. The van der Waals surface area contributed by atoms with Crippen LogP contribution in [-0.2, 0) is 5.41 Å². The standard InChI is InChI=1S/C59H30B9NO/c60-48-46(49(61)53(65)54(66)52(48)64)47-50(62)55(67)57(56(68)51(47)63)69(35-19-11-14-32(29-35)37-22-12-24-44-45(37)41-27-25-31-13-7-8-20-38(31)58(41)70-44)36-26-28-40-39-21-9-10-23-42(39)59(43(40)30-36,33-15-3-1-4-16-33)34-17-5-2-6-18-34/h1-30H. The maximum absolute atomic E-state index is 7.32. The van der Waals surface area contributed by atoms with Crippen molar-refractivity contribution in [2.24, 2.45) is 0 Å². The van der Waals surface area contributed by atoms with Gasteiger partial charge in [-0.05, 0) is 97.4 Å². The number of hydrogen-bond donors (Lipinski definition) is 0. The molecule has 10 aromatic carbocycles. The van der Waals surface area contributed by atoms with Crippen LogP contribution in [0.3, 0.4) is 0 Å². The summed E-state index contributed by atoms with van der Waals surface area (Å²) < 4.78 is 6.64. The zero-order chi connectivity index (χ0) is 48.2. The van der Waals surface area contributed by atoms with E-state index in [4.69, 9.17) is 75.0 Å². The van der Waals surface area contributed by atoms with E-state index in [1.165, 1.54) is 0 Å². The normalized spacial score (nSPS) is 12.6. The van der Waals surface area contributed by atoms with E-state index in [9.17, 15) is 0 Å². The predicted molar refractivity (Wildman–Crippen MR) is 303 cm³/mol. The molecule has 11 heteroatoms. The highest BCUT2D eigenvalue weighted by Crippen LogP contribution is 2.57. The summed E-state index contributed by atoms with van der Waals surface area (Å²) in [4.78, 5) is 2.02. The minimum atomic E-state index is -0.719. The van der Waals surface area contributed by atoms with Crippen molar-refractivity contribution in [3.8, 4) is 33.4 Å². The Balaban J connectivity index is 1.14. The third kappa shape index (κ3) is 6.33. The molecule has 1 aliphatic rings. The van der Waals surface area contributed by atoms with Crippen LogP contribution in [0.4, 0.5) is 17.1 Å². The zero-order valence-electron chi connectivity index (χ0n) is 37.9. The van der Waals surface area contributed by atoms with Crippen molar-refractivity contribution < 1.29 is 4.42 Å². The van der Waals surface area contributed by atoms with E-state index >= 15 is 0 Å². The lowest BCUT2D eigenvalue weighted by atomic mass is 9.56. The highest BCUT2D eigenvalue weighted by Gasteiger charge is 2.46. The van der Waals surface area contributed by atoms with Crippen LogP contribution < -0.4 is 54.1 Å². The smallest absolute Gasteiger partial charge is 0.143 e. The number of fused-ring (bicyclic) bond motifs is 8. The van der Waals surface area contributed by atoms with E-state index < -0.39 is 5.41 Å². The van der Waals surface area contributed by atoms with Crippen LogP contribution in [0.5, 0.6) is 0 Å². The molecule has 1 aliphatic carbocycles. The monoisotopic (exact) mass is 867 g/mol. The van der Waals surface area contributed by atoms with Crippen LogP contribution in [0.1, 0.15) is 22.3 Å². The SMILES string of the molecule is [B]c1c([B])c([B])c(-c2c([B])c([B])c(N(c3cccc(-c4cccc5oc6c7ccccc7ccc6c45)c3)c3ccc4c(c3)C(c3ccccc3)(c3ccccc3)c3ccccc3-4)c([B])c2[B])c([B])c1[B]. The molecule has 12 rings (SSSR count). The van der Waals surface area contributed by atoms with Gasteiger partial charge >= 0.3 is 0 Å². The minimum Gasteiger partial charge on any atom is -0.455 e. The molecule has 304 valence electrons. The fraction of sp³-hybridized carbons (Fsp3) is 0.0169. The summed E-state index contributed by atoms with van der Waals surface area (Å²) in [6, 6.07) is 63.2. The maximum atomic E-state index is 7.32. The van der Waals surface area contributed by atoms with Crippen LogP contribution in [-0.4, -0.2) is 70.6 Å². The van der Waals surface area contributed by atoms with Gasteiger partial charge in [-0.3, -0.25) is 0 Å². The average Bonchev–Trinajstić information content (AvgIpc) is 3.94. The molecule has 0 saturated carbocycles. The number of hydrogen-bond acceptors (Lipinski definition) is 2. The molecule has 0 saturated heterocycles. The van der Waals surface area contributed by atoms with Crippen LogP contribution in [0.25, 0.3) is 66.1 Å². The van der Waals surface area contributed by atoms with Crippen molar-refractivity contribution in [3.63, 3.8) is 0 Å². The molecule has 0 spiro atoms. The van der Waals surface area contributed by atoms with E-state index in [1.807, 2.05) is 53.4 Å². The average molecular weight is 866 g/mol. The Hall–Kier alpha value is -7.36. The molecule has 0 aliphatic heterocycles. The molecule has 0 fully saturated rings. The van der Waals surface area contributed by atoms with Crippen LogP contribution in [0, 0.1) is 0 Å². The van der Waals surface area contributed by atoms with Gasteiger partial charge < -0.3 is 9.32 Å². The van der Waals surface area contributed by atoms with Crippen molar-refractivity contribution in [1.82, 2.24) is 0 Å². The molecule has 0 atom stereocenters. The molecule has 70 heavy (non-hydrogen) atoms. The summed E-state index contributed by atoms with van der Waals surface area (Å²) in [5, 5.41) is 4.14. The Morgan fingerprint density at radius 2 is 0.914 bits per heavy atom. The zero-order valence-corrected chi connectivity index (χ0v) is 37.9. The lowest BCUT2D eigenvalue weighted by molar-refractivity contribution is 0.673. The van der Waals surface area contributed by atoms with Gasteiger partial charge in [0, 0.05) is 33.2 Å². The topological polar surface area (TPSA) is 16.4 Å². The van der Waals surface area contributed by atoms with E-state index in [-0.39, 0.29) is 60.3 Å². The second-order valence-corrected chi connectivity index (χ2v) is 17.9. The summed E-state index contributed by atoms with van der Waals surface area (Å²) in [7, 11) is 61.2. The molecule has 0 amide bonds. The highest BCUT2D eigenvalue weighted by molar-refractivity contribution is 6.71. The number of nitrogens with zero attached hydrogens (tertiary/aromatic N) is 1. The van der Waals surface area contributed by atoms with E-state index in [0.29, 0.717) is 5.69 Å². The second kappa shape index (κ2) is 16.7. The largest absolute Gasteiger partial charge is 0.455 e. The van der Waals surface area contributed by atoms with Crippen molar-refractivity contribution >= 4 is 170 Å². The molecular formula is C59H30B9NO. The first-order valence-corrected chi connectivity index (χ1v) is 22.9. The molecule has 0 bridgehead atoms. The Labute approximate surface area is 419 Å². The first-order chi connectivity index (χ1) is 34.0. The van der Waals surface area contributed by atoms with Gasteiger partial charge in [-0.15, -0.1) is 16.4 Å². The number of benzene rings is 10. The van der Waals surface area contributed by atoms with Crippen molar-refractivity contribution in [2.75, 3.05) is 4.90 Å². The van der Waals surface area contributed by atoms with Crippen LogP contribution >= 0.6 is 0 Å². The maximum Gasteiger partial charge on any atom is 0.143 e. The summed E-state index contributed by atoms with van der Waals surface area (Å²) in [5.41, 5.74) is 12.2. The number of furan rings is 1. The highest BCUT2D eigenvalue weighted by atomic mass is 16.3. The summed E-state index contributed by atoms with van der Waals surface area (Å²) >= 11 is 0.